The summed E-state index contributed by atoms with van der Waals surface area (Å²) in [5.74, 6) is 0.730. The van der Waals surface area contributed by atoms with E-state index >= 15 is 0 Å². The Bertz CT molecular complexity index is 930. The molecule has 0 radical (unpaired) electrons. The lowest BCUT2D eigenvalue weighted by Gasteiger charge is -2.11. The van der Waals surface area contributed by atoms with E-state index in [1.807, 2.05) is 13.0 Å². The second-order valence-corrected chi connectivity index (χ2v) is 5.35. The topological polar surface area (TPSA) is 48.7 Å². The van der Waals surface area contributed by atoms with E-state index in [0.717, 1.165) is 17.4 Å². The standard InChI is InChI=1S/C19H17FO4/c1-3-12-9-19(21)24-18-10-15(5-6-16(12)18)23-11-13-8-14(20)4-7-17(13)22-2/h4-10H,3,11H2,1-2H3. The number of hydrogen-bond acceptors (Lipinski definition) is 4. The Hall–Kier alpha value is -2.82. The maximum Gasteiger partial charge on any atom is 0.336 e. The van der Waals surface area contributed by atoms with E-state index in [2.05, 4.69) is 0 Å². The average Bonchev–Trinajstić information content (AvgIpc) is 2.58. The van der Waals surface area contributed by atoms with Crippen molar-refractivity contribution in [1.29, 1.82) is 0 Å². The number of hydrogen-bond donors (Lipinski definition) is 0. The molecular weight excluding hydrogens is 311 g/mol. The molecule has 124 valence electrons. The van der Waals surface area contributed by atoms with Crippen molar-refractivity contribution in [1.82, 2.24) is 0 Å². The van der Waals surface area contributed by atoms with Gasteiger partial charge in [0.2, 0.25) is 0 Å². The van der Waals surface area contributed by atoms with E-state index in [-0.39, 0.29) is 18.0 Å². The molecule has 0 amide bonds. The van der Waals surface area contributed by atoms with Crippen LogP contribution < -0.4 is 15.1 Å². The first kappa shape index (κ1) is 16.1. The second-order valence-electron chi connectivity index (χ2n) is 5.35. The third-order valence-corrected chi connectivity index (χ3v) is 3.82. The van der Waals surface area contributed by atoms with Gasteiger partial charge in [0.25, 0.3) is 0 Å². The lowest BCUT2D eigenvalue weighted by Crippen LogP contribution is -2.01. The highest BCUT2D eigenvalue weighted by molar-refractivity contribution is 5.81. The minimum Gasteiger partial charge on any atom is -0.496 e. The van der Waals surface area contributed by atoms with E-state index in [1.54, 1.807) is 18.2 Å². The molecule has 0 saturated carbocycles. The number of halogens is 1. The summed E-state index contributed by atoms with van der Waals surface area (Å²) < 4.78 is 29.5. The summed E-state index contributed by atoms with van der Waals surface area (Å²) in [6.07, 6.45) is 0.739. The second kappa shape index (κ2) is 6.74. The Labute approximate surface area is 138 Å². The summed E-state index contributed by atoms with van der Waals surface area (Å²) in [6, 6.07) is 11.1. The first-order valence-electron chi connectivity index (χ1n) is 7.62. The zero-order valence-corrected chi connectivity index (χ0v) is 13.5. The van der Waals surface area contributed by atoms with Gasteiger partial charge in [0.05, 0.1) is 7.11 Å². The number of fused-ring (bicyclic) bond motifs is 1. The lowest BCUT2D eigenvalue weighted by atomic mass is 10.1. The van der Waals surface area contributed by atoms with Crippen molar-refractivity contribution in [2.75, 3.05) is 7.11 Å². The normalized spacial score (nSPS) is 10.8. The van der Waals surface area contributed by atoms with Crippen LogP contribution in [0, 0.1) is 5.82 Å². The van der Waals surface area contributed by atoms with Crippen LogP contribution in [0.5, 0.6) is 11.5 Å². The summed E-state index contributed by atoms with van der Waals surface area (Å²) in [4.78, 5) is 11.6. The molecule has 1 aromatic heterocycles. The van der Waals surface area contributed by atoms with E-state index in [4.69, 9.17) is 13.9 Å². The molecule has 4 nitrogen and oxygen atoms in total. The first-order chi connectivity index (χ1) is 11.6. The Morgan fingerprint density at radius 2 is 1.92 bits per heavy atom. The van der Waals surface area contributed by atoms with Gasteiger partial charge in [0.1, 0.15) is 29.5 Å². The van der Waals surface area contributed by atoms with Crippen LogP contribution in [0.1, 0.15) is 18.1 Å². The highest BCUT2D eigenvalue weighted by atomic mass is 19.1. The Morgan fingerprint density at radius 3 is 2.67 bits per heavy atom. The number of methoxy groups -OCH3 is 1. The minimum absolute atomic E-state index is 0.143. The molecule has 3 rings (SSSR count). The van der Waals surface area contributed by atoms with Gasteiger partial charge in [-0.3, -0.25) is 0 Å². The number of ether oxygens (including phenoxy) is 2. The molecule has 0 N–H and O–H groups in total. The summed E-state index contributed by atoms with van der Waals surface area (Å²) in [7, 11) is 1.52. The van der Waals surface area contributed by atoms with Crippen LogP contribution in [0.2, 0.25) is 0 Å². The lowest BCUT2D eigenvalue weighted by molar-refractivity contribution is 0.295. The molecule has 0 atom stereocenters. The van der Waals surface area contributed by atoms with Gasteiger partial charge in [-0.25, -0.2) is 9.18 Å². The third-order valence-electron chi connectivity index (χ3n) is 3.82. The largest absolute Gasteiger partial charge is 0.496 e. The molecule has 3 aromatic rings. The maximum atomic E-state index is 13.4. The van der Waals surface area contributed by atoms with Crippen LogP contribution >= 0.6 is 0 Å². The molecule has 5 heteroatoms. The van der Waals surface area contributed by atoms with Crippen molar-refractivity contribution < 1.29 is 18.3 Å². The van der Waals surface area contributed by atoms with E-state index in [0.29, 0.717) is 22.6 Å². The van der Waals surface area contributed by atoms with Crippen molar-refractivity contribution in [3.8, 4) is 11.5 Å². The number of benzene rings is 2. The molecule has 0 aliphatic carbocycles. The quantitative estimate of drug-likeness (QED) is 0.662. The molecular formula is C19H17FO4. The monoisotopic (exact) mass is 328 g/mol. The molecule has 0 aliphatic heterocycles. The fourth-order valence-corrected chi connectivity index (χ4v) is 2.61. The molecule has 2 aromatic carbocycles. The highest BCUT2D eigenvalue weighted by Crippen LogP contribution is 2.25. The fourth-order valence-electron chi connectivity index (χ4n) is 2.61. The van der Waals surface area contributed by atoms with Gasteiger partial charge in [0, 0.05) is 23.1 Å². The SMILES string of the molecule is CCc1cc(=O)oc2cc(OCc3cc(F)ccc3OC)ccc12. The van der Waals surface area contributed by atoms with Crippen molar-refractivity contribution >= 4 is 11.0 Å². The number of rotatable bonds is 5. The predicted molar refractivity (Wildman–Crippen MR) is 89.1 cm³/mol. The van der Waals surface area contributed by atoms with E-state index < -0.39 is 0 Å². The maximum absolute atomic E-state index is 13.4. The van der Waals surface area contributed by atoms with Crippen LogP contribution in [0.25, 0.3) is 11.0 Å². The highest BCUT2D eigenvalue weighted by Gasteiger charge is 2.08. The molecule has 0 saturated heterocycles. The van der Waals surface area contributed by atoms with Gasteiger partial charge in [0.15, 0.2) is 0 Å². The average molecular weight is 328 g/mol. The van der Waals surface area contributed by atoms with Crippen molar-refractivity contribution in [3.63, 3.8) is 0 Å². The summed E-state index contributed by atoms with van der Waals surface area (Å²) in [6.45, 7) is 2.12. The van der Waals surface area contributed by atoms with Crippen LogP contribution in [-0.4, -0.2) is 7.11 Å². The van der Waals surface area contributed by atoms with Gasteiger partial charge in [-0.1, -0.05) is 6.92 Å². The van der Waals surface area contributed by atoms with Crippen LogP contribution in [0.3, 0.4) is 0 Å². The Balaban J connectivity index is 1.89. The van der Waals surface area contributed by atoms with Gasteiger partial charge < -0.3 is 13.9 Å². The fraction of sp³-hybridized carbons (Fsp3) is 0.211. The number of aryl methyl sites for hydroxylation is 1. The molecule has 24 heavy (non-hydrogen) atoms. The van der Waals surface area contributed by atoms with Gasteiger partial charge in [-0.05, 0) is 42.3 Å². The zero-order chi connectivity index (χ0) is 17.1. The van der Waals surface area contributed by atoms with Crippen molar-refractivity contribution in [3.05, 3.63) is 69.8 Å². The molecule has 0 aliphatic rings. The van der Waals surface area contributed by atoms with Gasteiger partial charge in [-0.15, -0.1) is 0 Å². The predicted octanol–water partition coefficient (Wildman–Crippen LogP) is 4.08. The van der Waals surface area contributed by atoms with Crippen LogP contribution in [0.4, 0.5) is 4.39 Å². The van der Waals surface area contributed by atoms with E-state index in [1.165, 1.54) is 25.3 Å². The molecule has 0 fully saturated rings. The minimum atomic E-state index is -0.386. The third kappa shape index (κ3) is 3.25. The Kier molecular flexibility index (Phi) is 4.51. The van der Waals surface area contributed by atoms with E-state index in [9.17, 15) is 9.18 Å². The molecule has 0 unspecified atom stereocenters. The molecule has 0 spiro atoms. The van der Waals surface area contributed by atoms with Gasteiger partial charge in [-0.2, -0.15) is 0 Å². The smallest absolute Gasteiger partial charge is 0.336 e. The van der Waals surface area contributed by atoms with Crippen molar-refractivity contribution in [2.24, 2.45) is 0 Å². The first-order valence-corrected chi connectivity index (χ1v) is 7.62. The summed E-state index contributed by atoms with van der Waals surface area (Å²) >= 11 is 0. The Morgan fingerprint density at radius 1 is 1.08 bits per heavy atom. The summed E-state index contributed by atoms with van der Waals surface area (Å²) in [5.41, 5.74) is 1.62. The van der Waals surface area contributed by atoms with Crippen LogP contribution in [0.15, 0.2) is 51.7 Å². The zero-order valence-electron chi connectivity index (χ0n) is 13.5. The van der Waals surface area contributed by atoms with Gasteiger partial charge >= 0.3 is 5.63 Å². The molecule has 1 heterocycles. The summed E-state index contributed by atoms with van der Waals surface area (Å²) in [5, 5.41) is 0.882. The van der Waals surface area contributed by atoms with Crippen molar-refractivity contribution in [2.45, 2.75) is 20.0 Å². The molecule has 0 bridgehead atoms. The van der Waals surface area contributed by atoms with Crippen LogP contribution in [-0.2, 0) is 13.0 Å².